The summed E-state index contributed by atoms with van der Waals surface area (Å²) in [4.78, 5) is 34.7. The number of aliphatic imine (C=N–C) groups is 2. The van der Waals surface area contributed by atoms with Gasteiger partial charge in [0.15, 0.2) is 15.3 Å². The first-order chi connectivity index (χ1) is 17.1. The molecule has 11 nitrogen and oxygen atoms in total. The van der Waals surface area contributed by atoms with Crippen LogP contribution < -0.4 is 14.8 Å². The molecule has 0 atom stereocenters. The molecule has 0 saturated carbocycles. The molecule has 35 heavy (non-hydrogen) atoms. The van der Waals surface area contributed by atoms with Crippen molar-refractivity contribution in [1.82, 2.24) is 25.1 Å². The molecule has 184 valence electrons. The van der Waals surface area contributed by atoms with Crippen LogP contribution >= 0.6 is 22.6 Å². The van der Waals surface area contributed by atoms with Gasteiger partial charge in [-0.3, -0.25) is 24.9 Å². The van der Waals surface area contributed by atoms with E-state index in [1.165, 1.54) is 12.4 Å². The standard InChI is InChI=1S/C23H26IN7O4/c1-33-19-17(35-10-2-6-30-8-11-34-12-9-30)4-3-16-18(19)28-23(31-7-5-25-20(16)31)29-21(32)15-13-26-22(24)27-14-15/h3-4,13-14H,2,5-12H2,1H3,(H,28,29,32). The van der Waals surface area contributed by atoms with Crippen LogP contribution in [0.5, 0.6) is 11.5 Å². The van der Waals surface area contributed by atoms with Gasteiger partial charge >= 0.3 is 0 Å². The molecule has 3 aliphatic heterocycles. The van der Waals surface area contributed by atoms with Crippen molar-refractivity contribution in [3.8, 4) is 11.5 Å². The first kappa shape index (κ1) is 23.9. The zero-order valence-corrected chi connectivity index (χ0v) is 21.5. The van der Waals surface area contributed by atoms with Gasteiger partial charge in [-0.1, -0.05) is 0 Å². The molecule has 0 aliphatic carbocycles. The Labute approximate surface area is 216 Å². The average Bonchev–Trinajstić information content (AvgIpc) is 3.38. The zero-order chi connectivity index (χ0) is 24.2. The first-order valence-electron chi connectivity index (χ1n) is 11.5. The van der Waals surface area contributed by atoms with E-state index >= 15 is 0 Å². The number of halogens is 1. The van der Waals surface area contributed by atoms with Crippen LogP contribution in [0.2, 0.25) is 0 Å². The molecule has 1 fully saturated rings. The fourth-order valence-corrected chi connectivity index (χ4v) is 4.48. The van der Waals surface area contributed by atoms with Crippen LogP contribution in [0.25, 0.3) is 0 Å². The summed E-state index contributed by atoms with van der Waals surface area (Å²) in [5.74, 6) is 1.93. The van der Waals surface area contributed by atoms with E-state index in [0.717, 1.165) is 50.7 Å². The van der Waals surface area contributed by atoms with Crippen molar-refractivity contribution in [2.24, 2.45) is 9.98 Å². The van der Waals surface area contributed by atoms with Crippen molar-refractivity contribution in [3.63, 3.8) is 0 Å². The van der Waals surface area contributed by atoms with Crippen molar-refractivity contribution >= 4 is 46.0 Å². The summed E-state index contributed by atoms with van der Waals surface area (Å²) in [7, 11) is 1.59. The number of carbonyl (C=O) groups excluding carboxylic acids is 1. The van der Waals surface area contributed by atoms with Gasteiger partial charge in [-0.15, -0.1) is 0 Å². The van der Waals surface area contributed by atoms with Gasteiger partial charge in [0.25, 0.3) is 5.91 Å². The molecule has 0 radical (unpaired) electrons. The Morgan fingerprint density at radius 2 is 2.00 bits per heavy atom. The lowest BCUT2D eigenvalue weighted by atomic mass is 10.1. The number of ether oxygens (including phenoxy) is 3. The van der Waals surface area contributed by atoms with Crippen LogP contribution in [0.15, 0.2) is 34.5 Å². The van der Waals surface area contributed by atoms with Crippen LogP contribution in [-0.4, -0.2) is 97.1 Å². The highest BCUT2D eigenvalue weighted by atomic mass is 127. The Morgan fingerprint density at radius 1 is 1.20 bits per heavy atom. The maximum absolute atomic E-state index is 12.8. The number of amides is 1. The summed E-state index contributed by atoms with van der Waals surface area (Å²) >= 11 is 1.99. The molecule has 1 saturated heterocycles. The molecular formula is C23H26IN7O4. The van der Waals surface area contributed by atoms with Crippen molar-refractivity contribution in [1.29, 1.82) is 0 Å². The molecule has 3 aliphatic rings. The lowest BCUT2D eigenvalue weighted by Crippen LogP contribution is -2.47. The summed E-state index contributed by atoms with van der Waals surface area (Å²) in [5, 5.41) is 2.89. The number of nitrogens with one attached hydrogen (secondary N) is 1. The van der Waals surface area contributed by atoms with Gasteiger partial charge in [0, 0.05) is 66.7 Å². The topological polar surface area (TPSA) is 114 Å². The maximum atomic E-state index is 12.8. The minimum absolute atomic E-state index is 0.343. The second-order valence-electron chi connectivity index (χ2n) is 8.14. The summed E-state index contributed by atoms with van der Waals surface area (Å²) in [6.07, 6.45) is 3.87. The number of guanidine groups is 1. The van der Waals surface area contributed by atoms with E-state index < -0.39 is 0 Å². The number of fused-ring (bicyclic) bond motifs is 3. The van der Waals surface area contributed by atoms with E-state index in [-0.39, 0.29) is 5.91 Å². The predicted octanol–water partition coefficient (Wildman–Crippen LogP) is 1.68. The van der Waals surface area contributed by atoms with Gasteiger partial charge in [0.2, 0.25) is 5.96 Å². The van der Waals surface area contributed by atoms with E-state index in [1.807, 2.05) is 39.6 Å². The Hall–Kier alpha value is -2.84. The van der Waals surface area contributed by atoms with Gasteiger partial charge in [-0.2, -0.15) is 0 Å². The first-order valence-corrected chi connectivity index (χ1v) is 12.6. The van der Waals surface area contributed by atoms with Crippen LogP contribution in [0.4, 0.5) is 5.69 Å². The Bertz CT molecular complexity index is 1150. The van der Waals surface area contributed by atoms with E-state index in [4.69, 9.17) is 19.2 Å². The van der Waals surface area contributed by atoms with E-state index in [0.29, 0.717) is 52.2 Å². The monoisotopic (exact) mass is 591 g/mol. The highest BCUT2D eigenvalue weighted by molar-refractivity contribution is 14.1. The maximum Gasteiger partial charge on any atom is 0.261 e. The fourth-order valence-electron chi connectivity index (χ4n) is 4.20. The summed E-state index contributed by atoms with van der Waals surface area (Å²) in [6.45, 7) is 6.23. The number of morpholine rings is 1. The number of hydrogen-bond donors (Lipinski definition) is 1. The number of benzene rings is 1. The van der Waals surface area contributed by atoms with Crippen LogP contribution in [0.3, 0.4) is 0 Å². The zero-order valence-electron chi connectivity index (χ0n) is 19.4. The molecule has 12 heteroatoms. The quantitative estimate of drug-likeness (QED) is 0.294. The molecule has 1 aromatic carbocycles. The lowest BCUT2D eigenvalue weighted by Gasteiger charge is -2.28. The molecule has 0 bridgehead atoms. The minimum Gasteiger partial charge on any atom is -0.491 e. The van der Waals surface area contributed by atoms with Crippen molar-refractivity contribution in [3.05, 3.63) is 39.5 Å². The number of rotatable bonds is 7. The summed E-state index contributed by atoms with van der Waals surface area (Å²) in [5.41, 5.74) is 1.78. The van der Waals surface area contributed by atoms with Gasteiger partial charge < -0.3 is 14.2 Å². The second kappa shape index (κ2) is 10.8. The molecule has 5 rings (SSSR count). The number of aromatic nitrogens is 2. The smallest absolute Gasteiger partial charge is 0.261 e. The Kier molecular flexibility index (Phi) is 7.39. The number of amidine groups is 1. The normalized spacial score (nSPS) is 17.3. The second-order valence-corrected chi connectivity index (χ2v) is 9.10. The molecule has 0 spiro atoms. The third-order valence-corrected chi connectivity index (χ3v) is 6.50. The minimum atomic E-state index is -0.343. The highest BCUT2D eigenvalue weighted by Crippen LogP contribution is 2.43. The molecule has 1 aromatic heterocycles. The third-order valence-electron chi connectivity index (χ3n) is 5.94. The SMILES string of the molecule is COc1c(OCCCN2CCOCC2)ccc2c1N=C(NC(=O)c1cnc(I)nc1)N1CCN=C21. The van der Waals surface area contributed by atoms with Gasteiger partial charge in [-0.05, 0) is 18.6 Å². The molecule has 4 heterocycles. The number of nitrogens with zero attached hydrogens (tertiary/aromatic N) is 6. The molecule has 2 aromatic rings. The lowest BCUT2D eigenvalue weighted by molar-refractivity contribution is 0.0357. The van der Waals surface area contributed by atoms with Crippen LogP contribution in [0.1, 0.15) is 22.3 Å². The Balaban J connectivity index is 1.35. The largest absolute Gasteiger partial charge is 0.491 e. The molecule has 0 unspecified atom stereocenters. The molecule has 1 N–H and O–H groups in total. The van der Waals surface area contributed by atoms with Crippen LogP contribution in [0, 0.1) is 3.83 Å². The average molecular weight is 591 g/mol. The summed E-state index contributed by atoms with van der Waals surface area (Å²) < 4.78 is 17.8. The van der Waals surface area contributed by atoms with Gasteiger partial charge in [0.1, 0.15) is 11.5 Å². The molecular weight excluding hydrogens is 565 g/mol. The van der Waals surface area contributed by atoms with Gasteiger partial charge in [-0.25, -0.2) is 15.0 Å². The van der Waals surface area contributed by atoms with E-state index in [2.05, 4.69) is 25.2 Å². The van der Waals surface area contributed by atoms with Crippen molar-refractivity contribution in [2.45, 2.75) is 6.42 Å². The third kappa shape index (κ3) is 5.23. The predicted molar refractivity (Wildman–Crippen MR) is 138 cm³/mol. The number of hydrogen-bond acceptors (Lipinski definition) is 10. The fraction of sp³-hybridized carbons (Fsp3) is 0.435. The highest BCUT2D eigenvalue weighted by Gasteiger charge is 2.33. The van der Waals surface area contributed by atoms with E-state index in [9.17, 15) is 4.79 Å². The van der Waals surface area contributed by atoms with E-state index in [1.54, 1.807) is 7.11 Å². The number of carbonyl (C=O) groups is 1. The summed E-state index contributed by atoms with van der Waals surface area (Å²) in [6, 6.07) is 3.84. The van der Waals surface area contributed by atoms with Crippen molar-refractivity contribution < 1.29 is 19.0 Å². The Morgan fingerprint density at radius 3 is 2.77 bits per heavy atom. The van der Waals surface area contributed by atoms with Crippen LogP contribution in [-0.2, 0) is 4.74 Å². The van der Waals surface area contributed by atoms with Crippen molar-refractivity contribution in [2.75, 3.05) is 59.7 Å². The van der Waals surface area contributed by atoms with Gasteiger partial charge in [0.05, 0.1) is 39.0 Å². The molecule has 1 amide bonds. The number of methoxy groups -OCH3 is 1.